The predicted molar refractivity (Wildman–Crippen MR) is 40.0 cm³/mol. The minimum Gasteiger partial charge on any atom is -0.623 e. The van der Waals surface area contributed by atoms with Crippen molar-refractivity contribution in [2.75, 3.05) is 6.54 Å². The Kier molecular flexibility index (Phi) is 2.47. The third kappa shape index (κ3) is 2.45. The van der Waals surface area contributed by atoms with Gasteiger partial charge in [0.15, 0.2) is 5.76 Å². The second kappa shape index (κ2) is 3.56. The molecule has 1 N–H and O–H groups in total. The van der Waals surface area contributed by atoms with Crippen LogP contribution in [0.1, 0.15) is 5.76 Å². The van der Waals surface area contributed by atoms with Gasteiger partial charge in [-0.25, -0.2) is 4.79 Å². The first-order chi connectivity index (χ1) is 5.68. The van der Waals surface area contributed by atoms with E-state index in [-0.39, 0.29) is 0 Å². The van der Waals surface area contributed by atoms with Gasteiger partial charge in [0.05, 0.1) is 6.26 Å². The first-order valence-electron chi connectivity index (χ1n) is 3.22. The Morgan fingerprint density at radius 3 is 3.08 bits per heavy atom. The summed E-state index contributed by atoms with van der Waals surface area (Å²) in [4.78, 5) is 10.0. The Morgan fingerprint density at radius 1 is 1.83 bits per heavy atom. The van der Waals surface area contributed by atoms with Crippen LogP contribution in [0.3, 0.4) is 0 Å². The molecule has 0 radical (unpaired) electrons. The maximum atomic E-state index is 10.7. The molecule has 0 fully saturated rings. The normalized spacial score (nSPS) is 11.5. The summed E-state index contributed by atoms with van der Waals surface area (Å²) in [7, 11) is 0. The van der Waals surface area contributed by atoms with Crippen molar-refractivity contribution in [2.45, 2.75) is 0 Å². The summed E-state index contributed by atoms with van der Waals surface area (Å²) in [6.07, 6.45) is 2.48. The van der Waals surface area contributed by atoms with Crippen molar-refractivity contribution in [1.82, 2.24) is 0 Å². The van der Waals surface area contributed by atoms with Crippen molar-refractivity contribution in [3.63, 3.8) is 0 Å². The molecule has 5 nitrogen and oxygen atoms in total. The molecule has 1 heterocycles. The van der Waals surface area contributed by atoms with Gasteiger partial charge in [-0.3, -0.25) is 0 Å². The number of hydrogen-bond donors (Lipinski definition) is 1. The SMILES string of the molecule is O=C(O)C/[N+]([O-])=C\c1ccco1. The lowest BCUT2D eigenvalue weighted by atomic mass is 10.5. The van der Waals surface area contributed by atoms with Crippen molar-refractivity contribution in [2.24, 2.45) is 0 Å². The third-order valence-electron chi connectivity index (χ3n) is 1.11. The van der Waals surface area contributed by atoms with E-state index in [1.165, 1.54) is 6.26 Å². The van der Waals surface area contributed by atoms with E-state index in [1.54, 1.807) is 12.1 Å². The van der Waals surface area contributed by atoms with Gasteiger partial charge in [0, 0.05) is 0 Å². The van der Waals surface area contributed by atoms with E-state index < -0.39 is 12.5 Å². The molecule has 1 rings (SSSR count). The van der Waals surface area contributed by atoms with Gasteiger partial charge in [0.25, 0.3) is 0 Å². The van der Waals surface area contributed by atoms with Gasteiger partial charge in [-0.1, -0.05) is 0 Å². The number of carbonyl (C=O) groups is 1. The lowest BCUT2D eigenvalue weighted by Gasteiger charge is -1.97. The molecule has 0 saturated carbocycles. The Bertz CT molecular complexity index is 288. The highest BCUT2D eigenvalue weighted by molar-refractivity contribution is 5.73. The molecule has 1 aromatic heterocycles. The molecular formula is C7H7NO4. The highest BCUT2D eigenvalue weighted by Gasteiger charge is 2.03. The number of carboxylic acid groups (broad SMARTS) is 1. The van der Waals surface area contributed by atoms with Crippen LogP contribution in [0, 0.1) is 5.21 Å². The summed E-state index contributed by atoms with van der Waals surface area (Å²) in [5, 5.41) is 19.0. The van der Waals surface area contributed by atoms with Crippen LogP contribution in [0.15, 0.2) is 22.8 Å². The summed E-state index contributed by atoms with van der Waals surface area (Å²) in [6, 6.07) is 3.17. The maximum Gasteiger partial charge on any atom is 0.371 e. The summed E-state index contributed by atoms with van der Waals surface area (Å²) >= 11 is 0. The third-order valence-corrected chi connectivity index (χ3v) is 1.11. The highest BCUT2D eigenvalue weighted by atomic mass is 16.5. The van der Waals surface area contributed by atoms with Gasteiger partial charge < -0.3 is 14.7 Å². The zero-order valence-electron chi connectivity index (χ0n) is 6.14. The molecule has 0 aliphatic heterocycles. The van der Waals surface area contributed by atoms with E-state index in [2.05, 4.69) is 0 Å². The van der Waals surface area contributed by atoms with E-state index >= 15 is 0 Å². The number of aliphatic carboxylic acids is 1. The fraction of sp³-hybridized carbons (Fsp3) is 0.143. The summed E-state index contributed by atoms with van der Waals surface area (Å²) in [6.45, 7) is -0.583. The van der Waals surface area contributed by atoms with Crippen LogP contribution in [0.5, 0.6) is 0 Å². The number of nitrogens with zero attached hydrogens (tertiary/aromatic N) is 1. The van der Waals surface area contributed by atoms with E-state index in [0.29, 0.717) is 10.5 Å². The Labute approximate surface area is 68.1 Å². The number of hydrogen-bond acceptors (Lipinski definition) is 3. The zero-order chi connectivity index (χ0) is 8.97. The molecule has 0 unspecified atom stereocenters. The van der Waals surface area contributed by atoms with Crippen molar-refractivity contribution in [3.05, 3.63) is 29.4 Å². The quantitative estimate of drug-likeness (QED) is 0.305. The van der Waals surface area contributed by atoms with Gasteiger partial charge in [0.1, 0.15) is 0 Å². The zero-order valence-corrected chi connectivity index (χ0v) is 6.14. The molecule has 5 heteroatoms. The molecule has 12 heavy (non-hydrogen) atoms. The topological polar surface area (TPSA) is 76.5 Å². The number of hydroxylamine groups is 1. The minimum atomic E-state index is -1.17. The fourth-order valence-corrected chi connectivity index (χ4v) is 0.686. The Balaban J connectivity index is 2.63. The van der Waals surface area contributed by atoms with E-state index in [9.17, 15) is 10.0 Å². The maximum absolute atomic E-state index is 10.7. The van der Waals surface area contributed by atoms with Crippen molar-refractivity contribution >= 4 is 12.2 Å². The van der Waals surface area contributed by atoms with Crippen LogP contribution in [0.4, 0.5) is 0 Å². The van der Waals surface area contributed by atoms with Crippen LogP contribution in [0.2, 0.25) is 0 Å². The molecule has 0 saturated heterocycles. The molecule has 64 valence electrons. The summed E-state index contributed by atoms with van der Waals surface area (Å²) < 4.78 is 5.09. The lowest BCUT2D eigenvalue weighted by molar-refractivity contribution is -0.442. The average Bonchev–Trinajstić information content (AvgIpc) is 2.37. The number of rotatable bonds is 3. The van der Waals surface area contributed by atoms with Crippen LogP contribution in [-0.4, -0.2) is 28.6 Å². The number of furan rings is 1. The monoisotopic (exact) mass is 169 g/mol. The highest BCUT2D eigenvalue weighted by Crippen LogP contribution is 1.94. The standard InChI is InChI=1S/C7H7NO4/c9-7(10)5-8(11)4-6-2-1-3-12-6/h1-4H,5H2,(H,9,10)/b8-4+. The van der Waals surface area contributed by atoms with Gasteiger partial charge in [0.2, 0.25) is 12.8 Å². The van der Waals surface area contributed by atoms with Gasteiger partial charge in [-0.15, -0.1) is 0 Å². The second-order valence-electron chi connectivity index (χ2n) is 2.11. The Morgan fingerprint density at radius 2 is 2.58 bits per heavy atom. The molecule has 0 amide bonds. The van der Waals surface area contributed by atoms with E-state index in [4.69, 9.17) is 9.52 Å². The molecule has 1 aromatic rings. The Hall–Kier alpha value is -1.78. The molecule has 0 aromatic carbocycles. The van der Waals surface area contributed by atoms with Gasteiger partial charge in [-0.2, -0.15) is 4.74 Å². The van der Waals surface area contributed by atoms with Crippen LogP contribution in [-0.2, 0) is 4.79 Å². The molecule has 0 aliphatic rings. The van der Waals surface area contributed by atoms with Crippen LogP contribution >= 0.6 is 0 Å². The summed E-state index contributed by atoms with van der Waals surface area (Å²) in [5.41, 5.74) is 0. The molecule has 0 aliphatic carbocycles. The van der Waals surface area contributed by atoms with E-state index in [1.807, 2.05) is 0 Å². The molecular weight excluding hydrogens is 162 g/mol. The van der Waals surface area contributed by atoms with Crippen LogP contribution < -0.4 is 0 Å². The predicted octanol–water partition coefficient (Wildman–Crippen LogP) is 0.293. The number of carboxylic acids is 1. The summed E-state index contributed by atoms with van der Waals surface area (Å²) in [5.74, 6) is -0.834. The molecule has 0 atom stereocenters. The van der Waals surface area contributed by atoms with Crippen molar-refractivity contribution in [1.29, 1.82) is 0 Å². The first kappa shape index (κ1) is 8.32. The van der Waals surface area contributed by atoms with Gasteiger partial charge >= 0.3 is 5.97 Å². The lowest BCUT2D eigenvalue weighted by Crippen LogP contribution is -2.15. The molecule has 0 spiro atoms. The fourth-order valence-electron chi connectivity index (χ4n) is 0.686. The molecule has 0 bridgehead atoms. The largest absolute Gasteiger partial charge is 0.623 e. The first-order valence-corrected chi connectivity index (χ1v) is 3.22. The minimum absolute atomic E-state index is 0.293. The van der Waals surface area contributed by atoms with Crippen molar-refractivity contribution < 1.29 is 19.1 Å². The van der Waals surface area contributed by atoms with E-state index in [0.717, 1.165) is 6.21 Å². The smallest absolute Gasteiger partial charge is 0.371 e. The van der Waals surface area contributed by atoms with Crippen molar-refractivity contribution in [3.8, 4) is 0 Å². The van der Waals surface area contributed by atoms with Gasteiger partial charge in [-0.05, 0) is 12.1 Å². The van der Waals surface area contributed by atoms with Crippen LogP contribution in [0.25, 0.3) is 0 Å². The average molecular weight is 169 g/mol. The second-order valence-corrected chi connectivity index (χ2v) is 2.11.